The van der Waals surface area contributed by atoms with Crippen molar-refractivity contribution < 1.29 is 13.2 Å². The van der Waals surface area contributed by atoms with Crippen LogP contribution < -0.4 is 0 Å². The largest absolute Gasteiger partial charge is 0.330 e. The lowest BCUT2D eigenvalue weighted by atomic mass is 9.85. The number of fused-ring (bicyclic) bond motifs is 1. The van der Waals surface area contributed by atoms with E-state index in [1.807, 2.05) is 4.90 Å². The van der Waals surface area contributed by atoms with Gasteiger partial charge < -0.3 is 4.90 Å². The molecule has 0 radical (unpaired) electrons. The molecular weight excluding hydrogens is 556 g/mol. The summed E-state index contributed by atoms with van der Waals surface area (Å²) in [4.78, 5) is 17.1. The highest BCUT2D eigenvalue weighted by Gasteiger charge is 2.36. The Kier molecular flexibility index (Phi) is 7.81. The average molecular weight is 590 g/mol. The number of thiophene rings is 1. The second kappa shape index (κ2) is 10.4. The van der Waals surface area contributed by atoms with Crippen molar-refractivity contribution >= 4 is 43.2 Å². The lowest BCUT2D eigenvalue weighted by Gasteiger charge is -2.38. The van der Waals surface area contributed by atoms with Gasteiger partial charge in [-0.1, -0.05) is 61.0 Å². The number of rotatable bonds is 6. The molecule has 1 amide bonds. The zero-order chi connectivity index (χ0) is 26.3. The molecule has 3 aromatic rings. The molecule has 0 spiro atoms. The molecule has 0 fully saturated rings. The topological polar surface area (TPSA) is 57.7 Å². The van der Waals surface area contributed by atoms with Gasteiger partial charge in [-0.2, -0.15) is 4.31 Å². The Bertz CT molecular complexity index is 1320. The minimum atomic E-state index is -3.84. The predicted octanol–water partition coefficient (Wildman–Crippen LogP) is 6.38. The van der Waals surface area contributed by atoms with Gasteiger partial charge in [-0.15, -0.1) is 11.3 Å². The second-order valence-electron chi connectivity index (χ2n) is 10.5. The normalized spacial score (nSPS) is 16.4. The maximum Gasteiger partial charge on any atom is 0.243 e. The summed E-state index contributed by atoms with van der Waals surface area (Å²) in [7, 11) is -3.84. The monoisotopic (exact) mass is 588 g/mol. The van der Waals surface area contributed by atoms with Crippen molar-refractivity contribution in [2.45, 2.75) is 63.4 Å². The lowest BCUT2D eigenvalue weighted by Crippen LogP contribution is -2.48. The van der Waals surface area contributed by atoms with Crippen molar-refractivity contribution in [3.63, 3.8) is 0 Å². The van der Waals surface area contributed by atoms with E-state index in [0.717, 1.165) is 22.0 Å². The van der Waals surface area contributed by atoms with Crippen LogP contribution in [0.25, 0.3) is 0 Å². The molecule has 4 rings (SSSR count). The molecule has 0 N–H and O–H groups in total. The first-order chi connectivity index (χ1) is 16.9. The Morgan fingerprint density at radius 1 is 1.08 bits per heavy atom. The summed E-state index contributed by atoms with van der Waals surface area (Å²) in [5.41, 5.74) is 3.45. The Balaban J connectivity index is 1.66. The first-order valence-corrected chi connectivity index (χ1v) is 15.2. The fraction of sp³-hybridized carbons (Fsp3) is 0.393. The molecule has 1 unspecified atom stereocenters. The molecule has 1 aliphatic heterocycles. The first-order valence-electron chi connectivity index (χ1n) is 12.1. The van der Waals surface area contributed by atoms with Crippen LogP contribution in [0.3, 0.4) is 0 Å². The number of sulfonamides is 1. The first kappa shape index (κ1) is 27.0. The highest BCUT2D eigenvalue weighted by Crippen LogP contribution is 2.38. The van der Waals surface area contributed by atoms with Crippen molar-refractivity contribution in [1.82, 2.24) is 9.21 Å². The van der Waals surface area contributed by atoms with Crippen LogP contribution in [0.4, 0.5) is 0 Å². The van der Waals surface area contributed by atoms with Gasteiger partial charge >= 0.3 is 0 Å². The number of carbonyl (C=O) groups is 1. The quantitative estimate of drug-likeness (QED) is 0.335. The van der Waals surface area contributed by atoms with Gasteiger partial charge in [0.2, 0.25) is 15.9 Å². The van der Waals surface area contributed by atoms with Crippen LogP contribution in [0, 0.1) is 0 Å². The molecule has 0 saturated heterocycles. The Hall–Kier alpha value is -2.00. The third-order valence-electron chi connectivity index (χ3n) is 6.67. The van der Waals surface area contributed by atoms with Crippen LogP contribution in [0.2, 0.25) is 0 Å². The second-order valence-corrected chi connectivity index (χ2v) is 14.3. The highest BCUT2D eigenvalue weighted by atomic mass is 79.9. The van der Waals surface area contributed by atoms with E-state index in [0.29, 0.717) is 6.54 Å². The SMILES string of the molecule is CC(C)N(CC(=O)N1CCc2sccc2C1c1ccc(C(C)(C)C)cc1)S(=O)(=O)c1ccc(Br)cc1. The van der Waals surface area contributed by atoms with E-state index in [1.165, 1.54) is 14.7 Å². The van der Waals surface area contributed by atoms with Crippen molar-refractivity contribution in [2.24, 2.45) is 0 Å². The fourth-order valence-electron chi connectivity index (χ4n) is 4.62. The molecule has 0 aliphatic carbocycles. The van der Waals surface area contributed by atoms with Crippen LogP contribution in [-0.4, -0.2) is 42.7 Å². The third kappa shape index (κ3) is 5.47. The molecule has 1 aliphatic rings. The number of amides is 1. The standard InChI is InChI=1S/C28H33BrN2O3S2/c1-19(2)31(36(33,34)23-12-10-22(29)11-13-23)18-26(32)30-16-14-25-24(15-17-35-25)27(30)20-6-8-21(9-7-20)28(3,4)5/h6-13,15,17,19,27H,14,16,18H2,1-5H3. The van der Waals surface area contributed by atoms with E-state index in [1.54, 1.807) is 49.4 Å². The van der Waals surface area contributed by atoms with Crippen LogP contribution in [0.1, 0.15) is 62.2 Å². The van der Waals surface area contributed by atoms with E-state index in [2.05, 4.69) is 72.4 Å². The highest BCUT2D eigenvalue weighted by molar-refractivity contribution is 9.10. The summed E-state index contributed by atoms with van der Waals surface area (Å²) in [6.07, 6.45) is 0.774. The third-order valence-corrected chi connectivity index (χ3v) is 10.2. The van der Waals surface area contributed by atoms with Crippen molar-refractivity contribution in [1.29, 1.82) is 0 Å². The van der Waals surface area contributed by atoms with Gasteiger partial charge in [0, 0.05) is 21.9 Å². The van der Waals surface area contributed by atoms with Crippen LogP contribution in [-0.2, 0) is 26.7 Å². The number of nitrogens with zero attached hydrogens (tertiary/aromatic N) is 2. The lowest BCUT2D eigenvalue weighted by molar-refractivity contribution is -0.133. The van der Waals surface area contributed by atoms with Crippen molar-refractivity contribution in [2.75, 3.05) is 13.1 Å². The number of halogens is 1. The zero-order valence-electron chi connectivity index (χ0n) is 21.4. The number of hydrogen-bond donors (Lipinski definition) is 0. The average Bonchev–Trinajstić information content (AvgIpc) is 3.30. The van der Waals surface area contributed by atoms with E-state index in [-0.39, 0.29) is 34.8 Å². The van der Waals surface area contributed by atoms with E-state index < -0.39 is 10.0 Å². The van der Waals surface area contributed by atoms with Crippen molar-refractivity contribution in [3.8, 4) is 0 Å². The maximum atomic E-state index is 13.8. The van der Waals surface area contributed by atoms with E-state index >= 15 is 0 Å². The molecule has 8 heteroatoms. The number of carbonyl (C=O) groups excluding carboxylic acids is 1. The summed E-state index contributed by atoms with van der Waals surface area (Å²) in [6, 6.07) is 16.5. The van der Waals surface area contributed by atoms with Crippen LogP contribution in [0.5, 0.6) is 0 Å². The number of hydrogen-bond acceptors (Lipinski definition) is 4. The van der Waals surface area contributed by atoms with E-state index in [4.69, 9.17) is 0 Å². The molecular formula is C28H33BrN2O3S2. The fourth-order valence-corrected chi connectivity index (χ4v) is 7.38. The van der Waals surface area contributed by atoms with Gasteiger partial charge in [-0.3, -0.25) is 4.79 Å². The molecule has 5 nitrogen and oxygen atoms in total. The van der Waals surface area contributed by atoms with Crippen LogP contribution >= 0.6 is 27.3 Å². The Labute approximate surface area is 227 Å². The summed E-state index contributed by atoms with van der Waals surface area (Å²) in [6.45, 7) is 10.5. The van der Waals surface area contributed by atoms with Gasteiger partial charge in [0.15, 0.2) is 0 Å². The maximum absolute atomic E-state index is 13.8. The molecule has 2 heterocycles. The summed E-state index contributed by atoms with van der Waals surface area (Å²) >= 11 is 5.07. The van der Waals surface area contributed by atoms with Gasteiger partial charge in [0.25, 0.3) is 0 Å². The van der Waals surface area contributed by atoms with Crippen LogP contribution in [0.15, 0.2) is 69.3 Å². The minimum absolute atomic E-state index is 0.0350. The minimum Gasteiger partial charge on any atom is -0.330 e. The molecule has 1 atom stereocenters. The van der Waals surface area contributed by atoms with Gasteiger partial charge in [0.1, 0.15) is 0 Å². The van der Waals surface area contributed by atoms with Gasteiger partial charge in [0.05, 0.1) is 17.5 Å². The molecule has 36 heavy (non-hydrogen) atoms. The summed E-state index contributed by atoms with van der Waals surface area (Å²) in [5.74, 6) is -0.189. The summed E-state index contributed by atoms with van der Waals surface area (Å²) < 4.78 is 29.1. The zero-order valence-corrected chi connectivity index (χ0v) is 24.6. The van der Waals surface area contributed by atoms with Gasteiger partial charge in [-0.05, 0) is 78.1 Å². The van der Waals surface area contributed by atoms with Gasteiger partial charge in [-0.25, -0.2) is 8.42 Å². The predicted molar refractivity (Wildman–Crippen MR) is 150 cm³/mol. The number of benzene rings is 2. The summed E-state index contributed by atoms with van der Waals surface area (Å²) in [5, 5.41) is 2.08. The molecule has 1 aromatic heterocycles. The van der Waals surface area contributed by atoms with Crippen molar-refractivity contribution in [3.05, 3.63) is 86.0 Å². The molecule has 0 bridgehead atoms. The Morgan fingerprint density at radius 3 is 2.31 bits per heavy atom. The smallest absolute Gasteiger partial charge is 0.243 e. The molecule has 0 saturated carbocycles. The molecule has 2 aromatic carbocycles. The Morgan fingerprint density at radius 2 is 1.72 bits per heavy atom. The van der Waals surface area contributed by atoms with E-state index in [9.17, 15) is 13.2 Å². The molecule has 192 valence electrons.